The molecule has 0 aromatic heterocycles. The molecule has 0 nitrogen and oxygen atoms in total. The van der Waals surface area contributed by atoms with Gasteiger partial charge >= 0.3 is 6.18 Å². The fourth-order valence-corrected chi connectivity index (χ4v) is 0.321. The quantitative estimate of drug-likeness (QED) is 0.518. The van der Waals surface area contributed by atoms with Crippen molar-refractivity contribution in [3.8, 4) is 0 Å². The van der Waals surface area contributed by atoms with Crippen LogP contribution in [0.1, 0.15) is 0 Å². The first-order valence-electron chi connectivity index (χ1n) is 1.51. The molecule has 48 valence electrons. The van der Waals surface area contributed by atoms with Crippen LogP contribution in [-0.2, 0) is 0 Å². The van der Waals surface area contributed by atoms with Crippen molar-refractivity contribution in [1.82, 2.24) is 0 Å². The average molecular weight is 193 g/mol. The molecule has 0 unspecified atom stereocenters. The van der Waals surface area contributed by atoms with Crippen molar-refractivity contribution >= 4 is 15.9 Å². The van der Waals surface area contributed by atoms with Gasteiger partial charge in [0.1, 0.15) is 0 Å². The molecule has 0 bridgehead atoms. The predicted molar refractivity (Wildman–Crippen MR) is 24.2 cm³/mol. The van der Waals surface area contributed by atoms with Gasteiger partial charge in [0.25, 0.3) is 0 Å². The Kier molecular flexibility index (Phi) is 2.46. The first-order chi connectivity index (χ1) is 3.48. The van der Waals surface area contributed by atoms with Crippen molar-refractivity contribution < 1.29 is 17.6 Å². The fraction of sp³-hybridized carbons (Fsp3) is 0.333. The van der Waals surface area contributed by atoms with Gasteiger partial charge in [-0.2, -0.15) is 13.2 Å². The molecule has 0 heterocycles. The number of alkyl halides is 3. The highest BCUT2D eigenvalue weighted by Gasteiger charge is 2.33. The molecule has 0 aliphatic heterocycles. The summed E-state index contributed by atoms with van der Waals surface area (Å²) in [6, 6.07) is 0. The molecule has 0 aliphatic carbocycles. The van der Waals surface area contributed by atoms with E-state index in [1.54, 1.807) is 0 Å². The Balaban J connectivity index is 4.03. The minimum absolute atomic E-state index is 0.188. The molecule has 0 aliphatic rings. The lowest BCUT2D eigenvalue weighted by Crippen LogP contribution is -2.06. The van der Waals surface area contributed by atoms with Crippen molar-refractivity contribution in [2.75, 3.05) is 0 Å². The summed E-state index contributed by atoms with van der Waals surface area (Å²) < 4.78 is 44.3. The van der Waals surface area contributed by atoms with Crippen molar-refractivity contribution in [3.05, 3.63) is 10.8 Å². The van der Waals surface area contributed by atoms with Crippen LogP contribution in [0, 0.1) is 0 Å². The number of allylic oxidation sites excluding steroid dienone is 1. The molecule has 0 aromatic rings. The van der Waals surface area contributed by atoms with Crippen LogP contribution >= 0.6 is 15.9 Å². The second-order valence-corrected chi connectivity index (χ2v) is 1.41. The SMILES string of the molecule is F/C(=C/Br)C(F)(F)F. The summed E-state index contributed by atoms with van der Waals surface area (Å²) in [5.41, 5.74) is 0. The van der Waals surface area contributed by atoms with Gasteiger partial charge in [0.15, 0.2) is 0 Å². The summed E-state index contributed by atoms with van der Waals surface area (Å²) in [5, 5.41) is 0. The largest absolute Gasteiger partial charge is 0.443 e. The molecule has 0 saturated carbocycles. The van der Waals surface area contributed by atoms with E-state index < -0.39 is 12.0 Å². The van der Waals surface area contributed by atoms with Crippen LogP contribution in [0.2, 0.25) is 0 Å². The summed E-state index contributed by atoms with van der Waals surface area (Å²) >= 11 is 2.19. The molecular weight excluding hydrogens is 192 g/mol. The molecule has 0 spiro atoms. The zero-order chi connectivity index (χ0) is 6.78. The summed E-state index contributed by atoms with van der Waals surface area (Å²) in [6.07, 6.45) is -4.84. The van der Waals surface area contributed by atoms with Crippen molar-refractivity contribution in [1.29, 1.82) is 0 Å². The van der Waals surface area contributed by atoms with Gasteiger partial charge in [0.2, 0.25) is 5.83 Å². The maximum Gasteiger partial charge on any atom is 0.443 e. The lowest BCUT2D eigenvalue weighted by molar-refractivity contribution is -0.108. The standard InChI is InChI=1S/C3HBrF4/c4-1-2(5)3(6,7)8/h1H/b2-1+. The molecule has 0 atom stereocenters. The second-order valence-electron chi connectivity index (χ2n) is 0.955. The topological polar surface area (TPSA) is 0 Å². The Morgan fingerprint density at radius 3 is 1.75 bits per heavy atom. The third kappa shape index (κ3) is 2.30. The molecule has 0 saturated heterocycles. The van der Waals surface area contributed by atoms with E-state index >= 15 is 0 Å². The summed E-state index contributed by atoms with van der Waals surface area (Å²) in [4.78, 5) is 0.188. The second kappa shape index (κ2) is 2.48. The maximum absolute atomic E-state index is 11.3. The van der Waals surface area contributed by atoms with Crippen LogP contribution < -0.4 is 0 Å². The first-order valence-corrected chi connectivity index (χ1v) is 2.43. The molecular formula is C3HBrF4. The van der Waals surface area contributed by atoms with Gasteiger partial charge < -0.3 is 0 Å². The van der Waals surface area contributed by atoms with Crippen LogP contribution in [0.25, 0.3) is 0 Å². The van der Waals surface area contributed by atoms with E-state index in [9.17, 15) is 17.6 Å². The number of hydrogen-bond donors (Lipinski definition) is 0. The summed E-state index contributed by atoms with van der Waals surface area (Å²) in [7, 11) is 0. The molecule has 0 aromatic carbocycles. The van der Waals surface area contributed by atoms with Crippen LogP contribution in [0.4, 0.5) is 17.6 Å². The Morgan fingerprint density at radius 2 is 1.75 bits per heavy atom. The smallest absolute Gasteiger partial charge is 0.201 e. The van der Waals surface area contributed by atoms with Gasteiger partial charge in [0.05, 0.1) is 0 Å². The Labute approximate surface area is 51.3 Å². The monoisotopic (exact) mass is 192 g/mol. The van der Waals surface area contributed by atoms with Crippen molar-refractivity contribution in [2.45, 2.75) is 6.18 Å². The van der Waals surface area contributed by atoms with E-state index in [0.717, 1.165) is 0 Å². The molecule has 0 radical (unpaired) electrons. The van der Waals surface area contributed by atoms with Crippen LogP contribution in [0.3, 0.4) is 0 Å². The predicted octanol–water partition coefficient (Wildman–Crippen LogP) is 2.75. The van der Waals surface area contributed by atoms with Gasteiger partial charge in [-0.05, 0) is 0 Å². The lowest BCUT2D eigenvalue weighted by atomic mass is 10.6. The summed E-state index contributed by atoms with van der Waals surface area (Å²) in [6.45, 7) is 0. The van der Waals surface area contributed by atoms with Crippen LogP contribution in [-0.4, -0.2) is 6.18 Å². The lowest BCUT2D eigenvalue weighted by Gasteiger charge is -1.98. The first kappa shape index (κ1) is 7.94. The molecule has 5 heteroatoms. The van der Waals surface area contributed by atoms with E-state index in [2.05, 4.69) is 15.9 Å². The van der Waals surface area contributed by atoms with Crippen LogP contribution in [0.15, 0.2) is 10.8 Å². The molecule has 8 heavy (non-hydrogen) atoms. The van der Waals surface area contributed by atoms with Gasteiger partial charge in [-0.25, -0.2) is 4.39 Å². The van der Waals surface area contributed by atoms with Crippen LogP contribution in [0.5, 0.6) is 0 Å². The molecule has 0 N–H and O–H groups in total. The van der Waals surface area contributed by atoms with Crippen molar-refractivity contribution in [3.63, 3.8) is 0 Å². The third-order valence-electron chi connectivity index (χ3n) is 0.367. The van der Waals surface area contributed by atoms with E-state index in [-0.39, 0.29) is 4.99 Å². The normalized spacial score (nSPS) is 14.4. The van der Waals surface area contributed by atoms with Gasteiger partial charge in [0, 0.05) is 4.99 Å². The highest BCUT2D eigenvalue weighted by atomic mass is 79.9. The highest BCUT2D eigenvalue weighted by Crippen LogP contribution is 2.26. The summed E-state index contributed by atoms with van der Waals surface area (Å²) in [5.74, 6) is -2.13. The molecule has 0 rings (SSSR count). The zero-order valence-corrected chi connectivity index (χ0v) is 5.05. The number of halogens is 5. The van der Waals surface area contributed by atoms with Gasteiger partial charge in [-0.3, -0.25) is 0 Å². The van der Waals surface area contributed by atoms with E-state index in [4.69, 9.17) is 0 Å². The maximum atomic E-state index is 11.3. The van der Waals surface area contributed by atoms with Crippen molar-refractivity contribution in [2.24, 2.45) is 0 Å². The van der Waals surface area contributed by atoms with Gasteiger partial charge in [-0.15, -0.1) is 0 Å². The average Bonchev–Trinajstić information content (AvgIpc) is 1.62. The van der Waals surface area contributed by atoms with E-state index in [1.165, 1.54) is 0 Å². The van der Waals surface area contributed by atoms with Gasteiger partial charge in [-0.1, -0.05) is 15.9 Å². The number of hydrogen-bond acceptors (Lipinski definition) is 0. The highest BCUT2D eigenvalue weighted by molar-refractivity contribution is 9.11. The van der Waals surface area contributed by atoms with E-state index in [1.807, 2.05) is 0 Å². The molecule has 0 amide bonds. The Bertz CT molecular complexity index is 102. The minimum atomic E-state index is -4.84. The fourth-order valence-electron chi connectivity index (χ4n) is 0.0619. The Hall–Kier alpha value is -0.0600. The third-order valence-corrected chi connectivity index (χ3v) is 0.769. The molecule has 0 fully saturated rings. The zero-order valence-electron chi connectivity index (χ0n) is 3.47. The van der Waals surface area contributed by atoms with E-state index in [0.29, 0.717) is 0 Å². The number of rotatable bonds is 0. The minimum Gasteiger partial charge on any atom is -0.201 e. The Morgan fingerprint density at radius 1 is 1.38 bits per heavy atom.